The Morgan fingerprint density at radius 3 is 2.53 bits per heavy atom. The largest absolute Gasteiger partial charge is 0.512 e. The summed E-state index contributed by atoms with van der Waals surface area (Å²) in [6.45, 7) is 1.42. The van der Waals surface area contributed by atoms with Crippen LogP contribution in [-0.2, 0) is 4.79 Å². The van der Waals surface area contributed by atoms with E-state index < -0.39 is 12.1 Å². The van der Waals surface area contributed by atoms with Gasteiger partial charge in [-0.3, -0.25) is 9.69 Å². The molecular weight excluding hydrogens is 246 g/mol. The first kappa shape index (κ1) is 14.1. The summed E-state index contributed by atoms with van der Waals surface area (Å²) in [5.41, 5.74) is 0.356. The molecule has 0 heterocycles. The van der Waals surface area contributed by atoms with Gasteiger partial charge in [0, 0.05) is 17.4 Å². The summed E-state index contributed by atoms with van der Waals surface area (Å²) < 4.78 is 0. The van der Waals surface area contributed by atoms with E-state index in [0.29, 0.717) is 12.0 Å². The zero-order valence-corrected chi connectivity index (χ0v) is 11.5. The maximum absolute atomic E-state index is 11.6. The summed E-state index contributed by atoms with van der Waals surface area (Å²) in [6.07, 6.45) is 1.65. The van der Waals surface area contributed by atoms with Crippen LogP contribution in [0.15, 0.2) is 23.2 Å². The van der Waals surface area contributed by atoms with Crippen LogP contribution in [0, 0.1) is 11.8 Å². The second kappa shape index (κ2) is 4.98. The van der Waals surface area contributed by atoms with Gasteiger partial charge in [0.05, 0.1) is 17.9 Å². The smallest absolute Gasteiger partial charge is 0.159 e. The number of aliphatic hydroxyl groups excluding tert-OH is 3. The van der Waals surface area contributed by atoms with Crippen LogP contribution >= 0.6 is 0 Å². The lowest BCUT2D eigenvalue weighted by Crippen LogP contribution is -2.51. The molecule has 106 valence electrons. The third-order valence-corrected chi connectivity index (χ3v) is 4.22. The molecule has 0 radical (unpaired) electrons. The Kier molecular flexibility index (Phi) is 3.69. The van der Waals surface area contributed by atoms with Gasteiger partial charge in [0.1, 0.15) is 5.76 Å². The molecule has 0 amide bonds. The van der Waals surface area contributed by atoms with Gasteiger partial charge in [-0.05, 0) is 39.9 Å². The van der Waals surface area contributed by atoms with Crippen molar-refractivity contribution in [1.82, 2.24) is 4.90 Å². The van der Waals surface area contributed by atoms with Crippen molar-refractivity contribution in [3.05, 3.63) is 23.2 Å². The SMILES string of the molecule is CC(=O)C1=C(O)C(N(C)C)C2C(O)CC=C(O)C2C1. The van der Waals surface area contributed by atoms with E-state index in [2.05, 4.69) is 0 Å². The van der Waals surface area contributed by atoms with E-state index in [4.69, 9.17) is 0 Å². The summed E-state index contributed by atoms with van der Waals surface area (Å²) >= 11 is 0. The molecule has 0 aromatic rings. The molecule has 2 rings (SSSR count). The van der Waals surface area contributed by atoms with Crippen LogP contribution in [0.3, 0.4) is 0 Å². The van der Waals surface area contributed by atoms with Gasteiger partial charge in [-0.15, -0.1) is 0 Å². The highest BCUT2D eigenvalue weighted by Gasteiger charge is 2.47. The summed E-state index contributed by atoms with van der Waals surface area (Å²) in [5, 5.41) is 30.5. The zero-order chi connectivity index (χ0) is 14.3. The Balaban J connectivity index is 2.50. The number of aliphatic hydroxyl groups is 3. The van der Waals surface area contributed by atoms with Crippen LogP contribution in [-0.4, -0.2) is 52.2 Å². The van der Waals surface area contributed by atoms with Gasteiger partial charge in [0.15, 0.2) is 5.78 Å². The van der Waals surface area contributed by atoms with Crippen molar-refractivity contribution in [2.45, 2.75) is 31.9 Å². The Morgan fingerprint density at radius 1 is 1.37 bits per heavy atom. The van der Waals surface area contributed by atoms with Gasteiger partial charge >= 0.3 is 0 Å². The maximum Gasteiger partial charge on any atom is 0.159 e. The van der Waals surface area contributed by atoms with Crippen molar-refractivity contribution in [1.29, 1.82) is 0 Å². The van der Waals surface area contributed by atoms with Crippen LogP contribution in [0.1, 0.15) is 19.8 Å². The molecule has 0 aliphatic heterocycles. The Hall–Kier alpha value is -1.33. The number of rotatable bonds is 2. The highest BCUT2D eigenvalue weighted by molar-refractivity contribution is 5.94. The first-order valence-electron chi connectivity index (χ1n) is 6.51. The standard InChI is InChI=1S/C14H21NO4/c1-7(16)8-6-9-10(17)4-5-11(18)12(9)13(14(8)19)15(2)3/h4,9,11-13,17-19H,5-6H2,1-3H3. The van der Waals surface area contributed by atoms with Crippen molar-refractivity contribution < 1.29 is 20.1 Å². The molecule has 2 aliphatic carbocycles. The number of Topliss-reactive ketones (excluding diaryl/α,β-unsaturated/α-hetero) is 1. The molecule has 4 unspecified atom stereocenters. The van der Waals surface area contributed by atoms with E-state index in [9.17, 15) is 20.1 Å². The Morgan fingerprint density at radius 2 is 2.00 bits per heavy atom. The van der Waals surface area contributed by atoms with Crippen LogP contribution in [0.4, 0.5) is 0 Å². The molecule has 0 saturated heterocycles. The van der Waals surface area contributed by atoms with E-state index in [-0.39, 0.29) is 35.6 Å². The molecule has 4 atom stereocenters. The minimum atomic E-state index is -0.621. The fourth-order valence-corrected chi connectivity index (χ4v) is 3.28. The third-order valence-electron chi connectivity index (χ3n) is 4.22. The number of allylic oxidation sites excluding steroid dienone is 2. The maximum atomic E-state index is 11.6. The molecule has 0 aromatic heterocycles. The van der Waals surface area contributed by atoms with E-state index in [1.165, 1.54) is 6.92 Å². The van der Waals surface area contributed by atoms with Gasteiger partial charge in [0.2, 0.25) is 0 Å². The van der Waals surface area contributed by atoms with Crippen molar-refractivity contribution in [2.24, 2.45) is 11.8 Å². The summed E-state index contributed by atoms with van der Waals surface area (Å²) in [6, 6.07) is -0.441. The number of nitrogens with zero attached hydrogens (tertiary/aromatic N) is 1. The van der Waals surface area contributed by atoms with Crippen molar-refractivity contribution in [3.63, 3.8) is 0 Å². The lowest BCUT2D eigenvalue weighted by Gasteiger charge is -2.45. The van der Waals surface area contributed by atoms with E-state index in [1.54, 1.807) is 25.1 Å². The fourth-order valence-electron chi connectivity index (χ4n) is 3.28. The molecule has 0 saturated carbocycles. The summed E-state index contributed by atoms with van der Waals surface area (Å²) in [5.74, 6) is -0.523. The predicted molar refractivity (Wildman–Crippen MR) is 70.7 cm³/mol. The molecule has 2 aliphatic rings. The minimum Gasteiger partial charge on any atom is -0.512 e. The average Bonchev–Trinajstić information content (AvgIpc) is 2.32. The fraction of sp³-hybridized carbons (Fsp3) is 0.643. The summed E-state index contributed by atoms with van der Waals surface area (Å²) in [7, 11) is 3.59. The molecule has 19 heavy (non-hydrogen) atoms. The van der Waals surface area contributed by atoms with Gasteiger partial charge in [-0.2, -0.15) is 0 Å². The van der Waals surface area contributed by atoms with Crippen LogP contribution in [0.25, 0.3) is 0 Å². The Bertz CT molecular complexity index is 452. The highest BCUT2D eigenvalue weighted by Crippen LogP contribution is 2.43. The number of ketones is 1. The molecule has 0 spiro atoms. The predicted octanol–water partition coefficient (Wildman–Crippen LogP) is 1.16. The van der Waals surface area contributed by atoms with Crippen molar-refractivity contribution in [3.8, 4) is 0 Å². The van der Waals surface area contributed by atoms with Gasteiger partial charge in [-0.25, -0.2) is 0 Å². The average molecular weight is 267 g/mol. The number of hydrogen-bond acceptors (Lipinski definition) is 5. The van der Waals surface area contributed by atoms with Crippen LogP contribution in [0.2, 0.25) is 0 Å². The second-order valence-corrected chi connectivity index (χ2v) is 5.65. The number of likely N-dealkylation sites (N-methyl/N-ethyl adjacent to an activating group) is 1. The van der Waals surface area contributed by atoms with Gasteiger partial charge < -0.3 is 15.3 Å². The third kappa shape index (κ3) is 2.28. The van der Waals surface area contributed by atoms with Crippen LogP contribution < -0.4 is 0 Å². The first-order chi connectivity index (χ1) is 8.84. The van der Waals surface area contributed by atoms with Crippen molar-refractivity contribution in [2.75, 3.05) is 14.1 Å². The normalized spacial score (nSPS) is 35.1. The highest BCUT2D eigenvalue weighted by atomic mass is 16.3. The number of carbonyl (C=O) groups excluding carboxylic acids is 1. The van der Waals surface area contributed by atoms with E-state index in [1.807, 2.05) is 0 Å². The molecular formula is C14H21NO4. The van der Waals surface area contributed by atoms with Crippen molar-refractivity contribution >= 4 is 5.78 Å². The minimum absolute atomic E-state index is 0.0347. The lowest BCUT2D eigenvalue weighted by molar-refractivity contribution is -0.114. The number of fused-ring (bicyclic) bond motifs is 1. The molecule has 5 heteroatoms. The number of carbonyl (C=O) groups is 1. The van der Waals surface area contributed by atoms with Gasteiger partial charge in [0.25, 0.3) is 0 Å². The quantitative estimate of drug-likeness (QED) is 0.699. The number of hydrogen-bond donors (Lipinski definition) is 3. The zero-order valence-electron chi connectivity index (χ0n) is 11.5. The lowest BCUT2D eigenvalue weighted by atomic mass is 9.68. The topological polar surface area (TPSA) is 81.0 Å². The summed E-state index contributed by atoms with van der Waals surface area (Å²) in [4.78, 5) is 13.4. The monoisotopic (exact) mass is 267 g/mol. The van der Waals surface area contributed by atoms with E-state index in [0.717, 1.165) is 0 Å². The first-order valence-corrected chi connectivity index (χ1v) is 6.51. The molecule has 5 nitrogen and oxygen atoms in total. The Labute approximate surface area is 112 Å². The van der Waals surface area contributed by atoms with Crippen LogP contribution in [0.5, 0.6) is 0 Å². The second-order valence-electron chi connectivity index (χ2n) is 5.65. The molecule has 0 aromatic carbocycles. The molecule has 3 N–H and O–H groups in total. The van der Waals surface area contributed by atoms with Gasteiger partial charge in [-0.1, -0.05) is 0 Å². The molecule has 0 bridgehead atoms. The van der Waals surface area contributed by atoms with E-state index >= 15 is 0 Å². The molecule has 0 fully saturated rings.